The van der Waals surface area contributed by atoms with Crippen LogP contribution in [0.1, 0.15) is 37.3 Å². The molecule has 0 aromatic heterocycles. The molecule has 0 saturated carbocycles. The Morgan fingerprint density at radius 2 is 1.82 bits per heavy atom. The minimum absolute atomic E-state index is 0.138. The van der Waals surface area contributed by atoms with Gasteiger partial charge < -0.3 is 14.9 Å². The molecule has 0 bridgehead atoms. The molecule has 0 aliphatic rings. The van der Waals surface area contributed by atoms with Gasteiger partial charge in [0.2, 0.25) is 0 Å². The summed E-state index contributed by atoms with van der Waals surface area (Å²) in [5.41, 5.74) is 3.35. The Morgan fingerprint density at radius 1 is 1.14 bits per heavy atom. The average Bonchev–Trinajstić information content (AvgIpc) is 2.54. The van der Waals surface area contributed by atoms with Gasteiger partial charge in [0.15, 0.2) is 11.5 Å². The van der Waals surface area contributed by atoms with E-state index in [-0.39, 0.29) is 17.4 Å². The first-order chi connectivity index (χ1) is 10.6. The summed E-state index contributed by atoms with van der Waals surface area (Å²) in [5.74, 6) is 1.10. The van der Waals surface area contributed by atoms with Gasteiger partial charge in [-0.25, -0.2) is 0 Å². The first kappa shape index (κ1) is 16.0. The van der Waals surface area contributed by atoms with Crippen molar-refractivity contribution in [3.8, 4) is 17.2 Å². The van der Waals surface area contributed by atoms with Gasteiger partial charge >= 0.3 is 0 Å². The van der Waals surface area contributed by atoms with Crippen molar-refractivity contribution in [3.63, 3.8) is 0 Å². The zero-order valence-electron chi connectivity index (χ0n) is 13.2. The fourth-order valence-electron chi connectivity index (χ4n) is 2.77. The number of benzene rings is 2. The van der Waals surface area contributed by atoms with Gasteiger partial charge in [-0.1, -0.05) is 31.2 Å². The summed E-state index contributed by atoms with van der Waals surface area (Å²) in [6, 6.07) is 12.7. The second-order valence-corrected chi connectivity index (χ2v) is 5.18. The van der Waals surface area contributed by atoms with Gasteiger partial charge in [-0.3, -0.25) is 0 Å². The van der Waals surface area contributed by atoms with E-state index in [9.17, 15) is 10.2 Å². The number of phenolic OH excluding ortho intramolecular Hbond substituents is 2. The normalized spacial score (nSPS) is 13.0. The summed E-state index contributed by atoms with van der Waals surface area (Å²) in [6.45, 7) is 4.15. The van der Waals surface area contributed by atoms with Gasteiger partial charge in [-0.2, -0.15) is 0 Å². The number of phenols is 2. The van der Waals surface area contributed by atoms with E-state index >= 15 is 0 Å². The molecule has 2 N–H and O–H groups in total. The number of ether oxygens (including phenoxy) is 1. The van der Waals surface area contributed by atoms with Crippen molar-refractivity contribution < 1.29 is 14.9 Å². The van der Waals surface area contributed by atoms with Crippen LogP contribution in [0.5, 0.6) is 17.2 Å². The Kier molecular flexibility index (Phi) is 5.10. The number of aromatic hydroxyl groups is 2. The molecule has 22 heavy (non-hydrogen) atoms. The van der Waals surface area contributed by atoms with Crippen molar-refractivity contribution in [2.24, 2.45) is 0 Å². The van der Waals surface area contributed by atoms with Crippen molar-refractivity contribution in [2.75, 3.05) is 7.11 Å². The number of rotatable bonds is 5. The average molecular weight is 298 g/mol. The van der Waals surface area contributed by atoms with E-state index in [0.29, 0.717) is 5.75 Å². The van der Waals surface area contributed by atoms with Crippen LogP contribution in [-0.4, -0.2) is 17.3 Å². The molecule has 2 rings (SSSR count). The summed E-state index contributed by atoms with van der Waals surface area (Å²) in [7, 11) is 1.55. The van der Waals surface area contributed by atoms with Gasteiger partial charge in [0, 0.05) is 5.92 Å². The Balaban J connectivity index is 2.43. The van der Waals surface area contributed by atoms with Gasteiger partial charge in [0.1, 0.15) is 5.75 Å². The largest absolute Gasteiger partial charge is 0.508 e. The molecule has 0 amide bonds. The Hall–Kier alpha value is -2.42. The van der Waals surface area contributed by atoms with E-state index in [2.05, 4.69) is 13.0 Å². The SMILES string of the molecule is C/C=C(/c1ccc(O)c(OC)c1)C(CC)c1ccc(O)cc1. The zero-order chi connectivity index (χ0) is 16.1. The molecule has 2 aromatic rings. The predicted molar refractivity (Wildman–Crippen MR) is 89.4 cm³/mol. The number of hydrogen-bond acceptors (Lipinski definition) is 3. The first-order valence-electron chi connectivity index (χ1n) is 7.43. The third-order valence-corrected chi connectivity index (χ3v) is 3.90. The molecule has 3 nitrogen and oxygen atoms in total. The summed E-state index contributed by atoms with van der Waals surface area (Å²) >= 11 is 0. The Morgan fingerprint density at radius 3 is 2.36 bits per heavy atom. The van der Waals surface area contributed by atoms with Crippen molar-refractivity contribution in [1.82, 2.24) is 0 Å². The van der Waals surface area contributed by atoms with Gasteiger partial charge in [0.05, 0.1) is 7.11 Å². The standard InChI is InChI=1S/C19H22O3/c1-4-16(13-6-9-15(20)10-7-13)17(5-2)14-8-11-18(21)19(12-14)22-3/h5-12,16,20-21H,4H2,1-3H3/b17-5-. The van der Waals surface area contributed by atoms with Crippen LogP contribution in [-0.2, 0) is 0 Å². The maximum absolute atomic E-state index is 9.76. The second kappa shape index (κ2) is 7.03. The number of allylic oxidation sites excluding steroid dienone is 2. The molecule has 0 spiro atoms. The third kappa shape index (κ3) is 3.25. The maximum atomic E-state index is 9.76. The maximum Gasteiger partial charge on any atom is 0.161 e. The lowest BCUT2D eigenvalue weighted by molar-refractivity contribution is 0.373. The molecular formula is C19H22O3. The molecule has 116 valence electrons. The van der Waals surface area contributed by atoms with Gasteiger partial charge in [-0.15, -0.1) is 0 Å². The fraction of sp³-hybridized carbons (Fsp3) is 0.263. The topological polar surface area (TPSA) is 49.7 Å². The van der Waals surface area contributed by atoms with Crippen LogP contribution in [0.15, 0.2) is 48.5 Å². The number of hydrogen-bond donors (Lipinski definition) is 2. The van der Waals surface area contributed by atoms with Gasteiger partial charge in [-0.05, 0) is 54.3 Å². The van der Waals surface area contributed by atoms with Crippen molar-refractivity contribution in [3.05, 3.63) is 59.7 Å². The van der Waals surface area contributed by atoms with Crippen LogP contribution in [0.25, 0.3) is 5.57 Å². The van der Waals surface area contributed by atoms with Crippen molar-refractivity contribution >= 4 is 5.57 Å². The van der Waals surface area contributed by atoms with Crippen LogP contribution in [0.2, 0.25) is 0 Å². The monoisotopic (exact) mass is 298 g/mol. The highest BCUT2D eigenvalue weighted by Gasteiger charge is 2.17. The van der Waals surface area contributed by atoms with E-state index in [4.69, 9.17) is 4.74 Å². The van der Waals surface area contributed by atoms with Crippen molar-refractivity contribution in [1.29, 1.82) is 0 Å². The van der Waals surface area contributed by atoms with Crippen LogP contribution >= 0.6 is 0 Å². The Labute approximate surface area is 131 Å². The fourth-order valence-corrected chi connectivity index (χ4v) is 2.77. The summed E-state index contributed by atoms with van der Waals surface area (Å²) < 4.78 is 5.20. The molecule has 3 heteroatoms. The van der Waals surface area contributed by atoms with Crippen LogP contribution in [0.4, 0.5) is 0 Å². The zero-order valence-corrected chi connectivity index (χ0v) is 13.2. The van der Waals surface area contributed by atoms with E-state index in [1.165, 1.54) is 5.57 Å². The molecule has 0 heterocycles. The second-order valence-electron chi connectivity index (χ2n) is 5.18. The van der Waals surface area contributed by atoms with Crippen LogP contribution in [0.3, 0.4) is 0 Å². The molecule has 2 aromatic carbocycles. The lowest BCUT2D eigenvalue weighted by Gasteiger charge is -2.20. The highest BCUT2D eigenvalue weighted by Crippen LogP contribution is 2.38. The highest BCUT2D eigenvalue weighted by atomic mass is 16.5. The van der Waals surface area contributed by atoms with E-state index in [1.54, 1.807) is 25.3 Å². The van der Waals surface area contributed by atoms with E-state index < -0.39 is 0 Å². The molecule has 0 aliphatic carbocycles. The molecule has 0 radical (unpaired) electrons. The molecule has 0 fully saturated rings. The number of methoxy groups -OCH3 is 1. The quantitative estimate of drug-likeness (QED) is 0.841. The lowest BCUT2D eigenvalue weighted by atomic mass is 9.84. The molecule has 0 aliphatic heterocycles. The Bertz CT molecular complexity index is 657. The highest BCUT2D eigenvalue weighted by molar-refractivity contribution is 5.73. The summed E-state index contributed by atoms with van der Waals surface area (Å²) in [4.78, 5) is 0. The lowest BCUT2D eigenvalue weighted by Crippen LogP contribution is -2.01. The minimum atomic E-state index is 0.138. The van der Waals surface area contributed by atoms with Gasteiger partial charge in [0.25, 0.3) is 0 Å². The first-order valence-corrected chi connectivity index (χ1v) is 7.43. The summed E-state index contributed by atoms with van der Waals surface area (Å²) in [5, 5.41) is 19.2. The predicted octanol–water partition coefficient (Wildman–Crippen LogP) is 4.70. The third-order valence-electron chi connectivity index (χ3n) is 3.90. The van der Waals surface area contributed by atoms with Crippen LogP contribution < -0.4 is 4.74 Å². The summed E-state index contributed by atoms with van der Waals surface area (Å²) in [6.07, 6.45) is 3.03. The molecular weight excluding hydrogens is 276 g/mol. The molecule has 1 atom stereocenters. The van der Waals surface area contributed by atoms with E-state index in [1.807, 2.05) is 31.2 Å². The van der Waals surface area contributed by atoms with E-state index in [0.717, 1.165) is 17.5 Å². The molecule has 1 unspecified atom stereocenters. The van der Waals surface area contributed by atoms with Crippen molar-refractivity contribution in [2.45, 2.75) is 26.2 Å². The minimum Gasteiger partial charge on any atom is -0.508 e. The molecule has 0 saturated heterocycles. The smallest absolute Gasteiger partial charge is 0.161 e. The van der Waals surface area contributed by atoms with Crippen LogP contribution in [0, 0.1) is 0 Å².